The molecule has 0 fully saturated rings. The van der Waals surface area contributed by atoms with Crippen LogP contribution < -0.4 is 15.6 Å². The molecule has 0 unspecified atom stereocenters. The molecular weight excluding hydrogens is 328 g/mol. The summed E-state index contributed by atoms with van der Waals surface area (Å²) in [6, 6.07) is 12.5. The van der Waals surface area contributed by atoms with Gasteiger partial charge in [0.15, 0.2) is 0 Å². The van der Waals surface area contributed by atoms with Crippen LogP contribution in [0.4, 0.5) is 0 Å². The van der Waals surface area contributed by atoms with Crippen molar-refractivity contribution in [2.24, 2.45) is 0 Å². The van der Waals surface area contributed by atoms with Gasteiger partial charge in [0, 0.05) is 31.8 Å². The minimum absolute atomic E-state index is 0.00916. The van der Waals surface area contributed by atoms with Crippen molar-refractivity contribution in [2.75, 3.05) is 13.2 Å². The van der Waals surface area contributed by atoms with Gasteiger partial charge in [-0.05, 0) is 31.0 Å². The number of halogens is 1. The Balaban J connectivity index is 1.56. The number of amides is 1. The van der Waals surface area contributed by atoms with E-state index in [2.05, 4.69) is 5.32 Å². The lowest BCUT2D eigenvalue weighted by atomic mass is 10.3. The number of carbonyl (C=O) groups excluding carboxylic acids is 1. The average Bonchev–Trinajstić information content (AvgIpc) is 2.59. The molecule has 1 aromatic heterocycles. The minimum Gasteiger partial charge on any atom is -0.494 e. The van der Waals surface area contributed by atoms with E-state index in [1.54, 1.807) is 16.8 Å². The van der Waals surface area contributed by atoms with Gasteiger partial charge in [-0.25, -0.2) is 0 Å². The number of para-hydroxylation sites is 1. The lowest BCUT2D eigenvalue weighted by molar-refractivity contribution is -0.121. The van der Waals surface area contributed by atoms with Crippen LogP contribution in [0.2, 0.25) is 5.02 Å². The van der Waals surface area contributed by atoms with Crippen LogP contribution in [0.1, 0.15) is 19.3 Å². The van der Waals surface area contributed by atoms with Crippen molar-refractivity contribution in [3.63, 3.8) is 0 Å². The van der Waals surface area contributed by atoms with Gasteiger partial charge < -0.3 is 14.6 Å². The lowest BCUT2D eigenvalue weighted by Crippen LogP contribution is -2.27. The molecule has 0 spiro atoms. The molecule has 5 nitrogen and oxygen atoms in total. The highest BCUT2D eigenvalue weighted by molar-refractivity contribution is 6.30. The molecule has 0 saturated carbocycles. The zero-order valence-electron chi connectivity index (χ0n) is 13.4. The van der Waals surface area contributed by atoms with Gasteiger partial charge in [-0.3, -0.25) is 9.59 Å². The van der Waals surface area contributed by atoms with E-state index < -0.39 is 0 Å². The molecule has 0 aliphatic rings. The molecule has 1 N–H and O–H groups in total. The number of hydrogen-bond acceptors (Lipinski definition) is 3. The van der Waals surface area contributed by atoms with Crippen LogP contribution in [0.5, 0.6) is 5.75 Å². The Bertz CT molecular complexity index is 701. The number of hydrogen-bond donors (Lipinski definition) is 1. The highest BCUT2D eigenvalue weighted by Gasteiger charge is 2.02. The predicted molar refractivity (Wildman–Crippen MR) is 94.5 cm³/mol. The Kier molecular flexibility index (Phi) is 7.36. The molecule has 2 aromatic rings. The molecule has 0 atom stereocenters. The first-order valence-corrected chi connectivity index (χ1v) is 8.33. The summed E-state index contributed by atoms with van der Waals surface area (Å²) in [5.41, 5.74) is -0.0937. The van der Waals surface area contributed by atoms with Crippen molar-refractivity contribution in [1.82, 2.24) is 9.88 Å². The summed E-state index contributed by atoms with van der Waals surface area (Å²) in [5.74, 6) is 0.801. The van der Waals surface area contributed by atoms with Crippen molar-refractivity contribution in [1.29, 1.82) is 0 Å². The number of nitrogens with zero attached hydrogens (tertiary/aromatic N) is 1. The van der Waals surface area contributed by atoms with E-state index >= 15 is 0 Å². The molecule has 0 saturated heterocycles. The average molecular weight is 349 g/mol. The minimum atomic E-state index is -0.0937. The smallest absolute Gasteiger partial charge is 0.250 e. The van der Waals surface area contributed by atoms with E-state index in [0.29, 0.717) is 44.0 Å². The first-order chi connectivity index (χ1) is 11.6. The molecule has 0 bridgehead atoms. The second kappa shape index (κ2) is 9.78. The molecule has 128 valence electrons. The monoisotopic (exact) mass is 348 g/mol. The maximum Gasteiger partial charge on any atom is 0.250 e. The van der Waals surface area contributed by atoms with Gasteiger partial charge in [-0.1, -0.05) is 29.8 Å². The number of rotatable bonds is 9. The van der Waals surface area contributed by atoms with E-state index in [9.17, 15) is 9.59 Å². The van der Waals surface area contributed by atoms with Crippen LogP contribution in [-0.2, 0) is 11.3 Å². The summed E-state index contributed by atoms with van der Waals surface area (Å²) in [6.07, 6.45) is 3.36. The number of aromatic nitrogens is 1. The van der Waals surface area contributed by atoms with E-state index in [1.807, 2.05) is 30.3 Å². The van der Waals surface area contributed by atoms with Gasteiger partial charge >= 0.3 is 0 Å². The van der Waals surface area contributed by atoms with Gasteiger partial charge in [0.1, 0.15) is 5.75 Å². The molecule has 1 amide bonds. The quantitative estimate of drug-likeness (QED) is 0.709. The summed E-state index contributed by atoms with van der Waals surface area (Å²) in [4.78, 5) is 23.3. The molecule has 6 heteroatoms. The summed E-state index contributed by atoms with van der Waals surface area (Å²) >= 11 is 5.85. The summed E-state index contributed by atoms with van der Waals surface area (Å²) in [5, 5.41) is 3.37. The van der Waals surface area contributed by atoms with Crippen LogP contribution in [0.15, 0.2) is 53.5 Å². The standard InChI is InChI=1S/C18H21ClN2O3/c19-15-9-10-18(23)21(14-15)12-5-11-20-17(22)8-4-13-24-16-6-2-1-3-7-16/h1-3,6-7,9-10,14H,4-5,8,11-13H2,(H,20,22). The molecule has 1 aromatic carbocycles. The number of benzene rings is 1. The van der Waals surface area contributed by atoms with Crippen molar-refractivity contribution >= 4 is 17.5 Å². The molecule has 0 aliphatic carbocycles. The fourth-order valence-electron chi connectivity index (χ4n) is 2.18. The Labute approximate surface area is 146 Å². The molecule has 1 heterocycles. The van der Waals surface area contributed by atoms with Crippen LogP contribution in [0.25, 0.3) is 0 Å². The fraction of sp³-hybridized carbons (Fsp3) is 0.333. The molecule has 0 radical (unpaired) electrons. The van der Waals surface area contributed by atoms with Crippen LogP contribution >= 0.6 is 11.6 Å². The zero-order valence-corrected chi connectivity index (χ0v) is 14.2. The Hall–Kier alpha value is -2.27. The third-order valence-electron chi connectivity index (χ3n) is 3.41. The zero-order chi connectivity index (χ0) is 17.2. The SMILES string of the molecule is O=C(CCCOc1ccccc1)NCCCn1cc(Cl)ccc1=O. The highest BCUT2D eigenvalue weighted by atomic mass is 35.5. The van der Waals surface area contributed by atoms with Crippen molar-refractivity contribution in [3.05, 3.63) is 64.0 Å². The number of nitrogens with one attached hydrogen (secondary N) is 1. The number of pyridine rings is 1. The second-order valence-electron chi connectivity index (χ2n) is 5.35. The van der Waals surface area contributed by atoms with Crippen molar-refractivity contribution in [3.8, 4) is 5.75 Å². The molecule has 2 rings (SSSR count). The summed E-state index contributed by atoms with van der Waals surface area (Å²) in [6.45, 7) is 1.56. The number of carbonyl (C=O) groups is 1. The summed E-state index contributed by atoms with van der Waals surface area (Å²) in [7, 11) is 0. The third-order valence-corrected chi connectivity index (χ3v) is 3.63. The Morgan fingerprint density at radius 1 is 1.12 bits per heavy atom. The van der Waals surface area contributed by atoms with Crippen molar-refractivity contribution in [2.45, 2.75) is 25.8 Å². The lowest BCUT2D eigenvalue weighted by Gasteiger charge is -2.08. The van der Waals surface area contributed by atoms with Crippen LogP contribution in [-0.4, -0.2) is 23.6 Å². The first-order valence-electron chi connectivity index (χ1n) is 7.96. The van der Waals surface area contributed by atoms with Gasteiger partial charge in [0.25, 0.3) is 5.56 Å². The van der Waals surface area contributed by atoms with Gasteiger partial charge in [0.05, 0.1) is 11.6 Å². The topological polar surface area (TPSA) is 60.3 Å². The molecular formula is C18H21ClN2O3. The Morgan fingerprint density at radius 3 is 2.71 bits per heavy atom. The maximum atomic E-state index is 11.7. The predicted octanol–water partition coefficient (Wildman–Crippen LogP) is 2.87. The normalized spacial score (nSPS) is 10.4. The molecule has 0 aliphatic heterocycles. The van der Waals surface area contributed by atoms with E-state index in [-0.39, 0.29) is 11.5 Å². The van der Waals surface area contributed by atoms with E-state index in [4.69, 9.17) is 16.3 Å². The van der Waals surface area contributed by atoms with Crippen LogP contribution in [0, 0.1) is 0 Å². The fourth-order valence-corrected chi connectivity index (χ4v) is 2.36. The number of ether oxygens (including phenoxy) is 1. The van der Waals surface area contributed by atoms with Gasteiger partial charge in [-0.2, -0.15) is 0 Å². The van der Waals surface area contributed by atoms with Gasteiger partial charge in [-0.15, -0.1) is 0 Å². The maximum absolute atomic E-state index is 11.7. The van der Waals surface area contributed by atoms with E-state index in [0.717, 1.165) is 5.75 Å². The highest BCUT2D eigenvalue weighted by Crippen LogP contribution is 2.08. The molecule has 24 heavy (non-hydrogen) atoms. The Morgan fingerprint density at radius 2 is 1.92 bits per heavy atom. The number of aryl methyl sites for hydroxylation is 1. The van der Waals surface area contributed by atoms with Crippen LogP contribution in [0.3, 0.4) is 0 Å². The third kappa shape index (κ3) is 6.46. The second-order valence-corrected chi connectivity index (χ2v) is 5.78. The van der Waals surface area contributed by atoms with Crippen molar-refractivity contribution < 1.29 is 9.53 Å². The van der Waals surface area contributed by atoms with E-state index in [1.165, 1.54) is 6.07 Å². The van der Waals surface area contributed by atoms with Gasteiger partial charge in [0.2, 0.25) is 5.91 Å². The largest absolute Gasteiger partial charge is 0.494 e. The first kappa shape index (κ1) is 18.1. The summed E-state index contributed by atoms with van der Waals surface area (Å²) < 4.78 is 7.08.